The van der Waals surface area contributed by atoms with Crippen molar-refractivity contribution in [1.29, 1.82) is 5.26 Å². The van der Waals surface area contributed by atoms with E-state index in [0.29, 0.717) is 23.5 Å². The van der Waals surface area contributed by atoms with Gasteiger partial charge in [-0.25, -0.2) is 4.79 Å². The maximum atomic E-state index is 12.7. The van der Waals surface area contributed by atoms with Crippen molar-refractivity contribution in [2.75, 3.05) is 18.0 Å². The van der Waals surface area contributed by atoms with E-state index in [1.54, 1.807) is 22.8 Å². The van der Waals surface area contributed by atoms with E-state index < -0.39 is 5.69 Å². The van der Waals surface area contributed by atoms with Crippen molar-refractivity contribution < 1.29 is 0 Å². The molecule has 1 aliphatic rings. The smallest absolute Gasteiger partial charge is 0.332 e. The molecule has 1 atom stereocenters. The molecular weight excluding hydrogens is 318 g/mol. The van der Waals surface area contributed by atoms with Gasteiger partial charge in [0.25, 0.3) is 5.56 Å². The molecular formula is C18H20N5O2. The highest BCUT2D eigenvalue weighted by molar-refractivity contribution is 5.41. The van der Waals surface area contributed by atoms with Crippen molar-refractivity contribution in [2.45, 2.75) is 25.4 Å². The molecule has 0 unspecified atom stereocenters. The fraction of sp³-hybridized carbons (Fsp3) is 0.389. The van der Waals surface area contributed by atoms with E-state index in [0.717, 1.165) is 24.0 Å². The van der Waals surface area contributed by atoms with Crippen LogP contribution in [0.25, 0.3) is 0 Å². The summed E-state index contributed by atoms with van der Waals surface area (Å²) in [4.78, 5) is 26.8. The molecule has 0 amide bonds. The van der Waals surface area contributed by atoms with E-state index in [1.165, 1.54) is 13.1 Å². The summed E-state index contributed by atoms with van der Waals surface area (Å²) >= 11 is 0. The molecule has 0 saturated carbocycles. The summed E-state index contributed by atoms with van der Waals surface area (Å²) in [5.74, 6) is 0.569. The van der Waals surface area contributed by atoms with E-state index in [1.807, 2.05) is 4.90 Å². The van der Waals surface area contributed by atoms with E-state index in [-0.39, 0.29) is 18.1 Å². The first-order valence-corrected chi connectivity index (χ1v) is 8.21. The van der Waals surface area contributed by atoms with Gasteiger partial charge in [-0.2, -0.15) is 5.26 Å². The Labute approximate surface area is 145 Å². The second-order valence-corrected chi connectivity index (χ2v) is 6.33. The van der Waals surface area contributed by atoms with Crippen LogP contribution in [0, 0.1) is 17.4 Å². The molecule has 129 valence electrons. The van der Waals surface area contributed by atoms with Gasteiger partial charge in [0.2, 0.25) is 0 Å². The molecule has 1 aromatic carbocycles. The Balaban J connectivity index is 2.07. The number of rotatable bonds is 3. The number of anilines is 1. The van der Waals surface area contributed by atoms with Gasteiger partial charge in [-0.1, -0.05) is 6.07 Å². The summed E-state index contributed by atoms with van der Waals surface area (Å²) in [5.41, 5.74) is 6.54. The summed E-state index contributed by atoms with van der Waals surface area (Å²) in [6, 6.07) is 11.7. The maximum Gasteiger partial charge on any atom is 0.332 e. The third-order valence-electron chi connectivity index (χ3n) is 4.48. The van der Waals surface area contributed by atoms with Gasteiger partial charge >= 0.3 is 5.69 Å². The highest BCUT2D eigenvalue weighted by Gasteiger charge is 2.21. The largest absolute Gasteiger partial charge is 0.356 e. The topological polar surface area (TPSA) is 97.1 Å². The molecule has 1 radical (unpaired) electrons. The van der Waals surface area contributed by atoms with Crippen LogP contribution in [0.3, 0.4) is 0 Å². The van der Waals surface area contributed by atoms with E-state index in [2.05, 4.69) is 12.1 Å². The first-order chi connectivity index (χ1) is 12.0. The molecule has 1 fully saturated rings. The molecule has 1 saturated heterocycles. The lowest BCUT2D eigenvalue weighted by atomic mass is 10.1. The zero-order valence-electron chi connectivity index (χ0n) is 14.1. The molecule has 0 bridgehead atoms. The van der Waals surface area contributed by atoms with Gasteiger partial charge in [-0.05, 0) is 36.6 Å². The van der Waals surface area contributed by atoms with Crippen LogP contribution in [0.5, 0.6) is 0 Å². The minimum Gasteiger partial charge on any atom is -0.356 e. The lowest BCUT2D eigenvalue weighted by Crippen LogP contribution is -2.47. The minimum absolute atomic E-state index is 0.0230. The Morgan fingerprint density at radius 1 is 1.40 bits per heavy atom. The average molecular weight is 338 g/mol. The normalized spacial score (nSPS) is 17.3. The number of nitrogens with two attached hydrogens (primary N) is 1. The van der Waals surface area contributed by atoms with Crippen LogP contribution in [-0.2, 0) is 13.6 Å². The number of benzene rings is 1. The van der Waals surface area contributed by atoms with Gasteiger partial charge in [0.1, 0.15) is 5.82 Å². The fourth-order valence-electron chi connectivity index (χ4n) is 3.13. The standard InChI is InChI=1S/C18H20N5O2/c1-21-17(24)9-16(22-7-3-6-15(20)12-22)23(18(21)25)11-14-5-2-4-13(8-14)10-19/h2,4,8-9,15H,3,6-7,11-12,20H2,1H3/t15-/m1/s1. The second kappa shape index (κ2) is 6.95. The Morgan fingerprint density at radius 3 is 2.92 bits per heavy atom. The lowest BCUT2D eigenvalue weighted by Gasteiger charge is -2.34. The minimum atomic E-state index is -0.391. The lowest BCUT2D eigenvalue weighted by molar-refractivity contribution is 0.491. The molecule has 0 spiro atoms. The predicted octanol–water partition coefficient (Wildman–Crippen LogP) is 0.195. The number of hydrogen-bond donors (Lipinski definition) is 1. The van der Waals surface area contributed by atoms with Crippen molar-refractivity contribution in [3.63, 3.8) is 0 Å². The van der Waals surface area contributed by atoms with Crippen LogP contribution < -0.4 is 21.9 Å². The van der Waals surface area contributed by atoms with Gasteiger partial charge in [-0.3, -0.25) is 13.9 Å². The van der Waals surface area contributed by atoms with Crippen LogP contribution in [0.15, 0.2) is 33.9 Å². The number of nitriles is 1. The van der Waals surface area contributed by atoms with Crippen molar-refractivity contribution >= 4 is 5.82 Å². The summed E-state index contributed by atoms with van der Waals surface area (Å²) < 4.78 is 2.63. The number of hydrogen-bond acceptors (Lipinski definition) is 5. The fourth-order valence-corrected chi connectivity index (χ4v) is 3.13. The maximum absolute atomic E-state index is 12.7. The Kier molecular flexibility index (Phi) is 4.72. The molecule has 2 aromatic rings. The summed E-state index contributed by atoms with van der Waals surface area (Å²) in [6.45, 7) is 1.60. The summed E-state index contributed by atoms with van der Waals surface area (Å²) in [6.07, 6.45) is 1.85. The van der Waals surface area contributed by atoms with Crippen LogP contribution >= 0.6 is 0 Å². The summed E-state index contributed by atoms with van der Waals surface area (Å²) in [7, 11) is 1.46. The van der Waals surface area contributed by atoms with Gasteiger partial charge in [0, 0.05) is 32.2 Å². The summed E-state index contributed by atoms with van der Waals surface area (Å²) in [5, 5.41) is 9.05. The molecule has 2 N–H and O–H groups in total. The molecule has 2 heterocycles. The zero-order valence-corrected chi connectivity index (χ0v) is 14.1. The van der Waals surface area contributed by atoms with E-state index >= 15 is 0 Å². The Bertz CT molecular complexity index is 938. The monoisotopic (exact) mass is 338 g/mol. The van der Waals surface area contributed by atoms with Crippen LogP contribution in [0.2, 0.25) is 0 Å². The van der Waals surface area contributed by atoms with Gasteiger partial charge in [-0.15, -0.1) is 0 Å². The molecule has 0 aliphatic carbocycles. The second-order valence-electron chi connectivity index (χ2n) is 6.33. The van der Waals surface area contributed by atoms with Crippen LogP contribution in [0.1, 0.15) is 24.0 Å². The van der Waals surface area contributed by atoms with Crippen molar-refractivity contribution in [1.82, 2.24) is 9.13 Å². The van der Waals surface area contributed by atoms with Crippen molar-refractivity contribution in [3.05, 3.63) is 62.3 Å². The van der Waals surface area contributed by atoms with E-state index in [4.69, 9.17) is 11.0 Å². The van der Waals surface area contributed by atoms with Crippen molar-refractivity contribution in [3.8, 4) is 6.07 Å². The average Bonchev–Trinajstić information content (AvgIpc) is 2.62. The molecule has 7 nitrogen and oxygen atoms in total. The Hall–Kier alpha value is -2.85. The molecule has 1 aromatic heterocycles. The number of nitrogens with zero attached hydrogens (tertiary/aromatic N) is 4. The van der Waals surface area contributed by atoms with Crippen LogP contribution in [0.4, 0.5) is 5.82 Å². The van der Waals surface area contributed by atoms with Gasteiger partial charge in [0.05, 0.1) is 18.2 Å². The molecule has 1 aliphatic heterocycles. The van der Waals surface area contributed by atoms with Gasteiger partial charge in [0.15, 0.2) is 0 Å². The van der Waals surface area contributed by atoms with E-state index in [9.17, 15) is 9.59 Å². The highest BCUT2D eigenvalue weighted by atomic mass is 16.2. The molecule has 7 heteroatoms. The first kappa shape index (κ1) is 17.0. The van der Waals surface area contributed by atoms with Crippen molar-refractivity contribution in [2.24, 2.45) is 12.8 Å². The molecule has 3 rings (SSSR count). The SMILES string of the molecule is Cn1c(=O)cc(N2CCC[C@@H](N)C2)n(Cc2[c]ccc(C#N)c2)c1=O. The predicted molar refractivity (Wildman–Crippen MR) is 94.5 cm³/mol. The Morgan fingerprint density at radius 2 is 2.20 bits per heavy atom. The highest BCUT2D eigenvalue weighted by Crippen LogP contribution is 2.18. The molecule has 25 heavy (non-hydrogen) atoms. The zero-order chi connectivity index (χ0) is 18.0. The van der Waals surface area contributed by atoms with Crippen LogP contribution in [-0.4, -0.2) is 28.3 Å². The first-order valence-electron chi connectivity index (χ1n) is 8.21. The number of aromatic nitrogens is 2. The number of piperidine rings is 1. The van der Waals surface area contributed by atoms with Gasteiger partial charge < -0.3 is 10.6 Å². The third kappa shape index (κ3) is 3.49. The third-order valence-corrected chi connectivity index (χ3v) is 4.48. The quantitative estimate of drug-likeness (QED) is 0.862.